The number of amides is 2. The monoisotopic (exact) mass is 307 g/mol. The van der Waals surface area contributed by atoms with Gasteiger partial charge in [-0.3, -0.25) is 0 Å². The molecule has 1 saturated carbocycles. The summed E-state index contributed by atoms with van der Waals surface area (Å²) in [6.45, 7) is 10.9. The first-order valence-corrected chi connectivity index (χ1v) is 8.70. The highest BCUT2D eigenvalue weighted by Gasteiger charge is 2.38. The second kappa shape index (κ2) is 6.61. The lowest BCUT2D eigenvalue weighted by atomic mass is 9.80. The van der Waals surface area contributed by atoms with Gasteiger partial charge in [0.05, 0.1) is 0 Å². The molecular weight excluding hydrogens is 274 g/mol. The van der Waals surface area contributed by atoms with Gasteiger partial charge < -0.3 is 16.0 Å². The number of hydrogen-bond donors (Lipinski definition) is 3. The van der Waals surface area contributed by atoms with Crippen molar-refractivity contribution in [1.29, 1.82) is 0 Å². The molecule has 1 saturated heterocycles. The maximum absolute atomic E-state index is 12.2. The number of urea groups is 1. The number of allylic oxidation sites excluding steroid dienone is 1. The molecule has 0 atom stereocenters. The lowest BCUT2D eigenvalue weighted by molar-refractivity contribution is 0.148. The predicted octanol–water partition coefficient (Wildman–Crippen LogP) is 3.69. The van der Waals surface area contributed by atoms with Crippen LogP contribution in [0.15, 0.2) is 11.8 Å². The van der Waals surface area contributed by atoms with Crippen molar-refractivity contribution in [3.8, 4) is 0 Å². The first-order valence-electron chi connectivity index (χ1n) is 8.70. The molecule has 1 aliphatic heterocycles. The van der Waals surface area contributed by atoms with Gasteiger partial charge in [-0.05, 0) is 66.2 Å². The molecule has 2 aliphatic rings. The van der Waals surface area contributed by atoms with Gasteiger partial charge in [0, 0.05) is 23.3 Å². The first-order chi connectivity index (χ1) is 10.2. The number of carbonyl (C=O) groups excluding carboxylic acids is 1. The maximum Gasteiger partial charge on any atom is 0.318 e. The van der Waals surface area contributed by atoms with Crippen molar-refractivity contribution in [3.63, 3.8) is 0 Å². The summed E-state index contributed by atoms with van der Waals surface area (Å²) in [5.74, 6) is 0.664. The number of piperidine rings is 1. The van der Waals surface area contributed by atoms with Crippen LogP contribution in [0.4, 0.5) is 4.79 Å². The summed E-state index contributed by atoms with van der Waals surface area (Å²) in [5.41, 5.74) is 1.41. The minimum atomic E-state index is -0.0733. The van der Waals surface area contributed by atoms with Crippen molar-refractivity contribution in [1.82, 2.24) is 16.0 Å². The summed E-state index contributed by atoms with van der Waals surface area (Å²) in [4.78, 5) is 12.2. The average molecular weight is 307 g/mol. The maximum atomic E-state index is 12.2. The van der Waals surface area contributed by atoms with Gasteiger partial charge in [-0.1, -0.05) is 18.4 Å². The molecule has 2 fully saturated rings. The molecule has 0 spiro atoms. The van der Waals surface area contributed by atoms with E-state index in [0.717, 1.165) is 12.8 Å². The van der Waals surface area contributed by atoms with Crippen LogP contribution in [0.2, 0.25) is 0 Å². The van der Waals surface area contributed by atoms with Gasteiger partial charge in [-0.25, -0.2) is 4.79 Å². The van der Waals surface area contributed by atoms with Gasteiger partial charge in [0.1, 0.15) is 0 Å². The molecule has 4 heteroatoms. The van der Waals surface area contributed by atoms with Gasteiger partial charge in [-0.2, -0.15) is 0 Å². The van der Waals surface area contributed by atoms with Crippen LogP contribution < -0.4 is 16.0 Å². The lowest BCUT2D eigenvalue weighted by Gasteiger charge is -2.46. The Morgan fingerprint density at radius 1 is 1.09 bits per heavy atom. The highest BCUT2D eigenvalue weighted by molar-refractivity contribution is 5.75. The summed E-state index contributed by atoms with van der Waals surface area (Å²) < 4.78 is 0. The van der Waals surface area contributed by atoms with E-state index >= 15 is 0 Å². The van der Waals surface area contributed by atoms with E-state index in [-0.39, 0.29) is 23.2 Å². The smallest absolute Gasteiger partial charge is 0.318 e. The fourth-order valence-corrected chi connectivity index (χ4v) is 4.33. The Kier molecular flexibility index (Phi) is 5.21. The number of rotatable bonds is 3. The molecule has 22 heavy (non-hydrogen) atoms. The second-order valence-electron chi connectivity index (χ2n) is 8.49. The molecule has 4 nitrogen and oxygen atoms in total. The van der Waals surface area contributed by atoms with Crippen molar-refractivity contribution in [2.45, 2.75) is 90.3 Å². The van der Waals surface area contributed by atoms with Crippen LogP contribution >= 0.6 is 0 Å². The van der Waals surface area contributed by atoms with Gasteiger partial charge in [0.15, 0.2) is 0 Å². The zero-order valence-corrected chi connectivity index (χ0v) is 14.9. The molecule has 1 aliphatic carbocycles. The SMILES string of the molecule is C/C(=C\NC(=O)NC1CC(C)(C)NC(C)(C)C1)C1CCCC1. The minimum Gasteiger partial charge on any atom is -0.335 e. The zero-order valence-electron chi connectivity index (χ0n) is 14.9. The average Bonchev–Trinajstić information content (AvgIpc) is 2.85. The Morgan fingerprint density at radius 2 is 1.64 bits per heavy atom. The van der Waals surface area contributed by atoms with Crippen LogP contribution in [0.5, 0.6) is 0 Å². The third-order valence-corrected chi connectivity index (χ3v) is 4.96. The van der Waals surface area contributed by atoms with E-state index in [0.29, 0.717) is 5.92 Å². The van der Waals surface area contributed by atoms with Crippen LogP contribution in [0.25, 0.3) is 0 Å². The van der Waals surface area contributed by atoms with E-state index in [1.165, 1.54) is 31.3 Å². The Balaban J connectivity index is 1.85. The van der Waals surface area contributed by atoms with Crippen molar-refractivity contribution >= 4 is 6.03 Å². The van der Waals surface area contributed by atoms with Crippen LogP contribution in [0.1, 0.15) is 73.1 Å². The van der Waals surface area contributed by atoms with Gasteiger partial charge in [0.2, 0.25) is 0 Å². The molecule has 0 aromatic rings. The normalized spacial score (nSPS) is 26.0. The van der Waals surface area contributed by atoms with Crippen molar-refractivity contribution in [2.24, 2.45) is 5.92 Å². The number of nitrogens with one attached hydrogen (secondary N) is 3. The highest BCUT2D eigenvalue weighted by Crippen LogP contribution is 2.30. The molecule has 0 bridgehead atoms. The van der Waals surface area contributed by atoms with Crippen molar-refractivity contribution < 1.29 is 4.79 Å². The fourth-order valence-electron chi connectivity index (χ4n) is 4.33. The Morgan fingerprint density at radius 3 is 2.18 bits per heavy atom. The van der Waals surface area contributed by atoms with Crippen LogP contribution in [-0.4, -0.2) is 23.2 Å². The van der Waals surface area contributed by atoms with E-state index < -0.39 is 0 Å². The molecular formula is C18H33N3O. The molecule has 2 rings (SSSR count). The predicted molar refractivity (Wildman–Crippen MR) is 91.7 cm³/mol. The van der Waals surface area contributed by atoms with Gasteiger partial charge in [0.25, 0.3) is 0 Å². The van der Waals surface area contributed by atoms with Gasteiger partial charge >= 0.3 is 6.03 Å². The largest absolute Gasteiger partial charge is 0.335 e. The fraction of sp³-hybridized carbons (Fsp3) is 0.833. The van der Waals surface area contributed by atoms with E-state index in [9.17, 15) is 4.79 Å². The summed E-state index contributed by atoms with van der Waals surface area (Å²) in [6.07, 6.45) is 8.99. The highest BCUT2D eigenvalue weighted by atomic mass is 16.2. The van der Waals surface area contributed by atoms with E-state index in [1.54, 1.807) is 0 Å². The third kappa shape index (κ3) is 5.01. The van der Waals surface area contributed by atoms with E-state index in [1.807, 2.05) is 6.20 Å². The molecule has 3 N–H and O–H groups in total. The lowest BCUT2D eigenvalue weighted by Crippen LogP contribution is -2.62. The molecule has 1 heterocycles. The van der Waals surface area contributed by atoms with E-state index in [4.69, 9.17) is 0 Å². The topological polar surface area (TPSA) is 53.2 Å². The second-order valence-corrected chi connectivity index (χ2v) is 8.49. The molecule has 0 unspecified atom stereocenters. The van der Waals surface area contributed by atoms with Crippen LogP contribution in [0, 0.1) is 5.92 Å². The van der Waals surface area contributed by atoms with E-state index in [2.05, 4.69) is 50.6 Å². The third-order valence-electron chi connectivity index (χ3n) is 4.96. The Bertz CT molecular complexity index is 418. The molecule has 0 aromatic carbocycles. The molecule has 126 valence electrons. The first kappa shape index (κ1) is 17.3. The summed E-state index contributed by atoms with van der Waals surface area (Å²) >= 11 is 0. The van der Waals surface area contributed by atoms with Gasteiger partial charge in [-0.15, -0.1) is 0 Å². The Labute approximate surface area is 135 Å². The molecule has 0 radical (unpaired) electrons. The Hall–Kier alpha value is -1.03. The minimum absolute atomic E-state index is 0.0509. The van der Waals surface area contributed by atoms with Crippen molar-refractivity contribution in [2.75, 3.05) is 0 Å². The summed E-state index contributed by atoms with van der Waals surface area (Å²) in [5, 5.41) is 9.71. The number of hydrogen-bond acceptors (Lipinski definition) is 2. The standard InChI is InChI=1S/C18H33N3O/c1-13(14-8-6-7-9-14)12-19-16(22)20-15-10-17(2,3)21-18(4,5)11-15/h12,14-15,21H,6-11H2,1-5H3,(H2,19,20,22)/b13-12+. The molecule has 2 amide bonds. The number of carbonyl (C=O) groups is 1. The van der Waals surface area contributed by atoms with Crippen molar-refractivity contribution in [3.05, 3.63) is 11.8 Å². The zero-order chi connectivity index (χ0) is 16.4. The van der Waals surface area contributed by atoms with Crippen LogP contribution in [-0.2, 0) is 0 Å². The summed E-state index contributed by atoms with van der Waals surface area (Å²) in [6, 6.07) is 0.141. The quantitative estimate of drug-likeness (QED) is 0.745. The summed E-state index contributed by atoms with van der Waals surface area (Å²) in [7, 11) is 0. The van der Waals surface area contributed by atoms with Crippen LogP contribution in [0.3, 0.4) is 0 Å². The molecule has 0 aromatic heterocycles.